The molecule has 0 unspecified atom stereocenters. The number of halogens is 4. The molecule has 8 heteroatoms. The lowest BCUT2D eigenvalue weighted by molar-refractivity contribution is -0.137. The Morgan fingerprint density at radius 3 is 2.27 bits per heavy atom. The van der Waals surface area contributed by atoms with E-state index in [0.29, 0.717) is 0 Å². The largest absolute Gasteiger partial charge is 0.416 e. The number of benzene rings is 2. The zero-order valence-corrected chi connectivity index (χ0v) is 15.0. The van der Waals surface area contributed by atoms with Gasteiger partial charge < -0.3 is 10.2 Å². The van der Waals surface area contributed by atoms with Crippen molar-refractivity contribution in [2.24, 2.45) is 0 Å². The van der Waals surface area contributed by atoms with Crippen molar-refractivity contribution in [2.45, 2.75) is 13.1 Å². The summed E-state index contributed by atoms with van der Waals surface area (Å²) in [4.78, 5) is 25.5. The average Bonchev–Trinajstić information content (AvgIpc) is 2.52. The van der Waals surface area contributed by atoms with Gasteiger partial charge in [0.1, 0.15) is 0 Å². The lowest BCUT2D eigenvalue weighted by Crippen LogP contribution is -2.23. The van der Waals surface area contributed by atoms with Gasteiger partial charge in [-0.05, 0) is 42.8 Å². The van der Waals surface area contributed by atoms with Crippen molar-refractivity contribution >= 4 is 29.1 Å². The van der Waals surface area contributed by atoms with Gasteiger partial charge in [0, 0.05) is 25.3 Å². The van der Waals surface area contributed by atoms with Crippen molar-refractivity contribution in [2.75, 3.05) is 19.4 Å². The molecule has 1 N–H and O–H groups in total. The van der Waals surface area contributed by atoms with Crippen molar-refractivity contribution in [3.8, 4) is 0 Å². The van der Waals surface area contributed by atoms with Gasteiger partial charge in [-0.25, -0.2) is 0 Å². The number of rotatable bonds is 3. The van der Waals surface area contributed by atoms with Gasteiger partial charge in [0.05, 0.1) is 16.1 Å². The second-order valence-electron chi connectivity index (χ2n) is 5.93. The molecule has 0 radical (unpaired) electrons. The van der Waals surface area contributed by atoms with Gasteiger partial charge in [-0.3, -0.25) is 9.59 Å². The Labute approximate surface area is 153 Å². The highest BCUT2D eigenvalue weighted by atomic mass is 35.5. The van der Waals surface area contributed by atoms with E-state index in [9.17, 15) is 22.8 Å². The first-order chi connectivity index (χ1) is 12.0. The Morgan fingerprint density at radius 1 is 1.08 bits per heavy atom. The molecule has 2 aromatic rings. The fourth-order valence-corrected chi connectivity index (χ4v) is 2.57. The molecule has 0 saturated carbocycles. The predicted molar refractivity (Wildman–Crippen MR) is 93.6 cm³/mol. The minimum atomic E-state index is -4.66. The summed E-state index contributed by atoms with van der Waals surface area (Å²) in [6.45, 7) is 1.79. The maximum Gasteiger partial charge on any atom is 0.416 e. The molecule has 0 heterocycles. The number of nitrogens with zero attached hydrogens (tertiary/aromatic N) is 1. The Hall–Kier alpha value is -2.54. The van der Waals surface area contributed by atoms with Gasteiger partial charge in [0.2, 0.25) is 0 Å². The van der Waals surface area contributed by atoms with Crippen LogP contribution in [0.2, 0.25) is 5.02 Å². The van der Waals surface area contributed by atoms with E-state index < -0.39 is 23.6 Å². The van der Waals surface area contributed by atoms with Crippen LogP contribution < -0.4 is 5.32 Å². The van der Waals surface area contributed by atoms with E-state index >= 15 is 0 Å². The summed E-state index contributed by atoms with van der Waals surface area (Å²) in [5.74, 6) is -1.28. The molecule has 4 nitrogen and oxygen atoms in total. The normalized spacial score (nSPS) is 11.2. The monoisotopic (exact) mass is 384 g/mol. The summed E-state index contributed by atoms with van der Waals surface area (Å²) >= 11 is 6.02. The molecule has 0 aliphatic heterocycles. The number of amides is 2. The van der Waals surface area contributed by atoms with Crippen molar-refractivity contribution in [1.82, 2.24) is 4.90 Å². The Kier molecular flexibility index (Phi) is 5.61. The standard InChI is InChI=1S/C18H16ClF3N2O2/c1-10-4-5-14(15(19)6-10)16(25)23-13-8-11(17(26)24(2)3)7-12(9-13)18(20,21)22/h4-9H,1-3H3,(H,23,25). The summed E-state index contributed by atoms with van der Waals surface area (Å²) in [5, 5.41) is 2.55. The van der Waals surface area contributed by atoms with Crippen LogP contribution in [0.4, 0.5) is 18.9 Å². The summed E-state index contributed by atoms with van der Waals surface area (Å²) in [6.07, 6.45) is -4.66. The molecule has 0 aliphatic rings. The van der Waals surface area contributed by atoms with E-state index in [4.69, 9.17) is 11.6 Å². The van der Waals surface area contributed by atoms with Gasteiger partial charge >= 0.3 is 6.18 Å². The number of nitrogens with one attached hydrogen (secondary N) is 1. The third kappa shape index (κ3) is 4.54. The highest BCUT2D eigenvalue weighted by Crippen LogP contribution is 2.32. The number of aryl methyl sites for hydroxylation is 1. The van der Waals surface area contributed by atoms with E-state index in [1.807, 2.05) is 0 Å². The van der Waals surface area contributed by atoms with E-state index in [-0.39, 0.29) is 21.8 Å². The molecule has 0 aromatic heterocycles. The maximum atomic E-state index is 13.1. The van der Waals surface area contributed by atoms with Crippen LogP contribution in [0.15, 0.2) is 36.4 Å². The summed E-state index contributed by atoms with van der Waals surface area (Å²) in [6, 6.07) is 7.42. The van der Waals surface area contributed by atoms with Crippen LogP contribution >= 0.6 is 11.6 Å². The van der Waals surface area contributed by atoms with Crippen LogP contribution in [-0.4, -0.2) is 30.8 Å². The maximum absolute atomic E-state index is 13.1. The van der Waals surface area contributed by atoms with Crippen LogP contribution in [0.1, 0.15) is 31.8 Å². The number of hydrogen-bond acceptors (Lipinski definition) is 2. The molecule has 2 amide bonds. The topological polar surface area (TPSA) is 49.4 Å². The van der Waals surface area contributed by atoms with Crippen LogP contribution in [0.5, 0.6) is 0 Å². The van der Waals surface area contributed by atoms with Crippen LogP contribution in [-0.2, 0) is 6.18 Å². The highest BCUT2D eigenvalue weighted by molar-refractivity contribution is 6.34. The molecular formula is C18H16ClF3N2O2. The van der Waals surface area contributed by atoms with Gasteiger partial charge in [0.25, 0.3) is 11.8 Å². The fraction of sp³-hybridized carbons (Fsp3) is 0.222. The molecule has 0 saturated heterocycles. The minimum Gasteiger partial charge on any atom is -0.345 e. The van der Waals surface area contributed by atoms with Gasteiger partial charge in [0.15, 0.2) is 0 Å². The van der Waals surface area contributed by atoms with Gasteiger partial charge in [-0.1, -0.05) is 17.7 Å². The molecular weight excluding hydrogens is 369 g/mol. The van der Waals surface area contributed by atoms with Crippen molar-refractivity contribution in [1.29, 1.82) is 0 Å². The average molecular weight is 385 g/mol. The Balaban J connectivity index is 2.43. The molecule has 0 aliphatic carbocycles. The molecule has 0 spiro atoms. The first-order valence-electron chi connectivity index (χ1n) is 7.50. The zero-order chi connectivity index (χ0) is 19.6. The lowest BCUT2D eigenvalue weighted by atomic mass is 10.1. The van der Waals surface area contributed by atoms with E-state index in [1.165, 1.54) is 26.2 Å². The van der Waals surface area contributed by atoms with E-state index in [1.54, 1.807) is 19.1 Å². The van der Waals surface area contributed by atoms with Crippen LogP contribution in [0, 0.1) is 6.92 Å². The second kappa shape index (κ2) is 7.37. The summed E-state index contributed by atoms with van der Waals surface area (Å²) < 4.78 is 39.4. The number of hydrogen-bond donors (Lipinski definition) is 1. The number of alkyl halides is 3. The van der Waals surface area contributed by atoms with E-state index in [0.717, 1.165) is 22.6 Å². The minimum absolute atomic E-state index is 0.121. The third-order valence-corrected chi connectivity index (χ3v) is 3.85. The SMILES string of the molecule is Cc1ccc(C(=O)Nc2cc(C(=O)N(C)C)cc(C(F)(F)F)c2)c(Cl)c1. The van der Waals surface area contributed by atoms with Crippen molar-refractivity contribution < 1.29 is 22.8 Å². The van der Waals surface area contributed by atoms with Crippen LogP contribution in [0.25, 0.3) is 0 Å². The molecule has 0 atom stereocenters. The lowest BCUT2D eigenvalue weighted by Gasteiger charge is -2.15. The molecule has 0 fully saturated rings. The Morgan fingerprint density at radius 2 is 1.73 bits per heavy atom. The molecule has 0 bridgehead atoms. The summed E-state index contributed by atoms with van der Waals surface area (Å²) in [5.41, 5.74) is -0.406. The van der Waals surface area contributed by atoms with Crippen molar-refractivity contribution in [3.63, 3.8) is 0 Å². The van der Waals surface area contributed by atoms with Gasteiger partial charge in [-0.2, -0.15) is 13.2 Å². The summed E-state index contributed by atoms with van der Waals surface area (Å²) in [7, 11) is 2.85. The van der Waals surface area contributed by atoms with Crippen molar-refractivity contribution in [3.05, 3.63) is 63.7 Å². The number of anilines is 1. The predicted octanol–water partition coefficient (Wildman–Crippen LogP) is 4.62. The number of carbonyl (C=O) groups is 2. The second-order valence-corrected chi connectivity index (χ2v) is 6.34. The molecule has 2 rings (SSSR count). The van der Waals surface area contributed by atoms with E-state index in [2.05, 4.69) is 5.32 Å². The van der Waals surface area contributed by atoms with Crippen LogP contribution in [0.3, 0.4) is 0 Å². The first-order valence-corrected chi connectivity index (χ1v) is 7.88. The molecule has 138 valence electrons. The quantitative estimate of drug-likeness (QED) is 0.839. The number of carbonyl (C=O) groups excluding carboxylic acids is 2. The molecule has 2 aromatic carbocycles. The smallest absolute Gasteiger partial charge is 0.345 e. The molecule has 26 heavy (non-hydrogen) atoms. The fourth-order valence-electron chi connectivity index (χ4n) is 2.25. The Bertz CT molecular complexity index is 864. The first kappa shape index (κ1) is 19.8. The highest BCUT2D eigenvalue weighted by Gasteiger charge is 2.32. The van der Waals surface area contributed by atoms with Gasteiger partial charge in [-0.15, -0.1) is 0 Å². The zero-order valence-electron chi connectivity index (χ0n) is 14.2. The third-order valence-electron chi connectivity index (χ3n) is 3.54.